The van der Waals surface area contributed by atoms with Crippen LogP contribution < -0.4 is 0 Å². The van der Waals surface area contributed by atoms with Crippen LogP contribution in [-0.2, 0) is 26.0 Å². The third-order valence-electron chi connectivity index (χ3n) is 4.86. The van der Waals surface area contributed by atoms with Crippen molar-refractivity contribution in [3.8, 4) is 0 Å². The van der Waals surface area contributed by atoms with E-state index in [1.807, 2.05) is 37.3 Å². The maximum atomic E-state index is 13.0. The highest BCUT2D eigenvalue weighted by molar-refractivity contribution is 7.91. The van der Waals surface area contributed by atoms with E-state index in [2.05, 4.69) is 5.10 Å². The molecule has 1 aromatic carbocycles. The number of hydrogen-bond acceptors (Lipinski definition) is 5. The largest absolute Gasteiger partial charge is 0.333 e. The molecule has 1 aromatic rings. The lowest BCUT2D eigenvalue weighted by molar-refractivity contribution is -0.134. The zero-order chi connectivity index (χ0) is 19.4. The van der Waals surface area contributed by atoms with Gasteiger partial charge in [0, 0.05) is 25.9 Å². The van der Waals surface area contributed by atoms with E-state index in [1.165, 1.54) is 5.01 Å². The molecule has 0 aromatic heterocycles. The van der Waals surface area contributed by atoms with Crippen LogP contribution in [0.3, 0.4) is 0 Å². The molecular weight excluding hydrogens is 366 g/mol. The second-order valence-electron chi connectivity index (χ2n) is 7.05. The Morgan fingerprint density at radius 2 is 2.00 bits per heavy atom. The lowest BCUT2D eigenvalue weighted by Gasteiger charge is -2.30. The van der Waals surface area contributed by atoms with Crippen molar-refractivity contribution in [1.29, 1.82) is 0 Å². The molecule has 3 rings (SSSR count). The number of amides is 2. The Kier molecular flexibility index (Phi) is 5.94. The van der Waals surface area contributed by atoms with E-state index in [9.17, 15) is 18.0 Å². The molecule has 2 heterocycles. The van der Waals surface area contributed by atoms with Crippen LogP contribution in [0, 0.1) is 0 Å². The highest BCUT2D eigenvalue weighted by atomic mass is 32.2. The molecule has 1 saturated heterocycles. The molecule has 2 aliphatic rings. The topological polar surface area (TPSA) is 87.1 Å². The zero-order valence-corrected chi connectivity index (χ0v) is 16.3. The molecule has 0 saturated carbocycles. The Hall–Kier alpha value is -2.22. The van der Waals surface area contributed by atoms with E-state index < -0.39 is 15.9 Å². The first-order valence-corrected chi connectivity index (χ1v) is 11.1. The van der Waals surface area contributed by atoms with Crippen LogP contribution in [0.4, 0.5) is 0 Å². The summed E-state index contributed by atoms with van der Waals surface area (Å²) in [6.07, 6.45) is 1.67. The fraction of sp³-hybridized carbons (Fsp3) is 0.526. The summed E-state index contributed by atoms with van der Waals surface area (Å²) in [5.74, 6) is -0.402. The van der Waals surface area contributed by atoms with E-state index >= 15 is 0 Å². The van der Waals surface area contributed by atoms with Gasteiger partial charge < -0.3 is 4.90 Å². The molecule has 1 fully saturated rings. The van der Waals surface area contributed by atoms with Crippen molar-refractivity contribution in [1.82, 2.24) is 9.91 Å². The summed E-state index contributed by atoms with van der Waals surface area (Å²) in [6.45, 7) is 3.09. The van der Waals surface area contributed by atoms with Crippen LogP contribution in [0.15, 0.2) is 35.4 Å². The molecule has 1 atom stereocenters. The summed E-state index contributed by atoms with van der Waals surface area (Å²) >= 11 is 0. The SMILES string of the molecule is CCCN(Cc1ccccc1)C(=O)C1=NN([C@@H]2CCS(=O)(=O)C2)C(=O)CC1. The monoisotopic (exact) mass is 391 g/mol. The number of nitrogens with zero attached hydrogens (tertiary/aromatic N) is 3. The van der Waals surface area contributed by atoms with Gasteiger partial charge in [0.05, 0.1) is 17.5 Å². The zero-order valence-electron chi connectivity index (χ0n) is 15.5. The molecular formula is C19H25N3O4S. The second-order valence-corrected chi connectivity index (χ2v) is 9.28. The normalized spacial score (nSPS) is 21.8. The molecule has 0 N–H and O–H groups in total. The summed E-state index contributed by atoms with van der Waals surface area (Å²) in [4.78, 5) is 27.0. The summed E-state index contributed by atoms with van der Waals surface area (Å²) in [6, 6.07) is 9.28. The fourth-order valence-corrected chi connectivity index (χ4v) is 5.18. The van der Waals surface area contributed by atoms with E-state index in [4.69, 9.17) is 0 Å². The third kappa shape index (κ3) is 4.74. The number of carbonyl (C=O) groups excluding carboxylic acids is 2. The summed E-state index contributed by atoms with van der Waals surface area (Å²) in [5.41, 5.74) is 1.37. The quantitative estimate of drug-likeness (QED) is 0.737. The van der Waals surface area contributed by atoms with Crippen molar-refractivity contribution in [3.05, 3.63) is 35.9 Å². The standard InChI is InChI=1S/C19H25N3O4S/c1-2-11-21(13-15-6-4-3-5-7-15)19(24)17-8-9-18(23)22(20-17)16-10-12-27(25,26)14-16/h3-7,16H,2,8-14H2,1H3/t16-/m1/s1. The maximum absolute atomic E-state index is 13.0. The first-order chi connectivity index (χ1) is 12.9. The Labute approximate surface area is 159 Å². The van der Waals surface area contributed by atoms with Crippen LogP contribution in [0.5, 0.6) is 0 Å². The number of sulfone groups is 1. The van der Waals surface area contributed by atoms with Crippen molar-refractivity contribution in [2.75, 3.05) is 18.1 Å². The minimum absolute atomic E-state index is 0.0657. The van der Waals surface area contributed by atoms with Gasteiger partial charge in [-0.15, -0.1) is 0 Å². The van der Waals surface area contributed by atoms with Gasteiger partial charge in [0.25, 0.3) is 5.91 Å². The van der Waals surface area contributed by atoms with Crippen LogP contribution >= 0.6 is 0 Å². The van der Waals surface area contributed by atoms with E-state index in [-0.39, 0.29) is 29.7 Å². The molecule has 0 unspecified atom stereocenters. The molecule has 2 amide bonds. The predicted molar refractivity (Wildman–Crippen MR) is 103 cm³/mol. The summed E-state index contributed by atoms with van der Waals surface area (Å²) in [5, 5.41) is 5.54. The van der Waals surface area contributed by atoms with Gasteiger partial charge in [0.15, 0.2) is 9.84 Å². The lowest BCUT2D eigenvalue weighted by Crippen LogP contribution is -2.45. The van der Waals surface area contributed by atoms with Crippen molar-refractivity contribution >= 4 is 27.4 Å². The van der Waals surface area contributed by atoms with Crippen LogP contribution in [0.25, 0.3) is 0 Å². The van der Waals surface area contributed by atoms with Gasteiger partial charge >= 0.3 is 0 Å². The molecule has 2 aliphatic heterocycles. The number of hydrazone groups is 1. The van der Waals surface area contributed by atoms with Crippen molar-refractivity contribution in [2.45, 2.75) is 45.2 Å². The van der Waals surface area contributed by atoms with Gasteiger partial charge in [-0.1, -0.05) is 37.3 Å². The smallest absolute Gasteiger partial charge is 0.270 e. The van der Waals surface area contributed by atoms with Gasteiger partial charge in [-0.2, -0.15) is 5.10 Å². The first kappa shape index (κ1) is 19.5. The van der Waals surface area contributed by atoms with Gasteiger partial charge in [0.2, 0.25) is 5.91 Å². The number of benzene rings is 1. The molecule has 27 heavy (non-hydrogen) atoms. The van der Waals surface area contributed by atoms with Gasteiger partial charge in [0.1, 0.15) is 5.71 Å². The van der Waals surface area contributed by atoms with E-state index in [0.29, 0.717) is 31.6 Å². The molecule has 0 radical (unpaired) electrons. The number of hydrogen-bond donors (Lipinski definition) is 0. The molecule has 0 aliphatic carbocycles. The highest BCUT2D eigenvalue weighted by Crippen LogP contribution is 2.23. The molecule has 7 nitrogen and oxygen atoms in total. The average molecular weight is 391 g/mol. The van der Waals surface area contributed by atoms with Crippen LogP contribution in [0.2, 0.25) is 0 Å². The van der Waals surface area contributed by atoms with Gasteiger partial charge in [-0.25, -0.2) is 13.4 Å². The minimum Gasteiger partial charge on any atom is -0.333 e. The molecule has 146 valence electrons. The molecule has 0 bridgehead atoms. The van der Waals surface area contributed by atoms with Crippen molar-refractivity contribution < 1.29 is 18.0 Å². The van der Waals surface area contributed by atoms with Crippen LogP contribution in [0.1, 0.15) is 38.2 Å². The maximum Gasteiger partial charge on any atom is 0.270 e. The van der Waals surface area contributed by atoms with Gasteiger partial charge in [-0.3, -0.25) is 9.59 Å². The lowest BCUT2D eigenvalue weighted by atomic mass is 10.1. The minimum atomic E-state index is -3.13. The van der Waals surface area contributed by atoms with Gasteiger partial charge in [-0.05, 0) is 18.4 Å². The Morgan fingerprint density at radius 3 is 2.63 bits per heavy atom. The highest BCUT2D eigenvalue weighted by Gasteiger charge is 2.37. The Balaban J connectivity index is 1.78. The van der Waals surface area contributed by atoms with Crippen LogP contribution in [-0.4, -0.2) is 59.9 Å². The van der Waals surface area contributed by atoms with Crippen molar-refractivity contribution in [2.24, 2.45) is 5.10 Å². The summed E-state index contributed by atoms with van der Waals surface area (Å²) < 4.78 is 23.5. The van der Waals surface area contributed by atoms with Crippen molar-refractivity contribution in [3.63, 3.8) is 0 Å². The first-order valence-electron chi connectivity index (χ1n) is 9.33. The second kappa shape index (κ2) is 8.21. The molecule has 0 spiro atoms. The average Bonchev–Trinajstić information content (AvgIpc) is 3.02. The Morgan fingerprint density at radius 1 is 1.26 bits per heavy atom. The fourth-order valence-electron chi connectivity index (χ4n) is 3.49. The number of carbonyl (C=O) groups is 2. The molecule has 8 heteroatoms. The van der Waals surface area contributed by atoms with E-state index in [1.54, 1.807) is 4.90 Å². The van der Waals surface area contributed by atoms with E-state index in [0.717, 1.165) is 12.0 Å². The Bertz CT molecular complexity index is 836. The predicted octanol–water partition coefficient (Wildman–Crippen LogP) is 1.59. The summed E-state index contributed by atoms with van der Waals surface area (Å²) in [7, 11) is -3.13. The third-order valence-corrected chi connectivity index (χ3v) is 6.61. The number of rotatable bonds is 6.